The third-order valence-electron chi connectivity index (χ3n) is 2.89. The predicted molar refractivity (Wildman–Crippen MR) is 77.1 cm³/mol. The number of aromatic nitrogens is 2. The Balaban J connectivity index is 2.54. The SMILES string of the molecule is C#Cc1cccc(/N=N/c2c(O)n(C)c(=O)n(C)c2=O)c1. The summed E-state index contributed by atoms with van der Waals surface area (Å²) in [5, 5.41) is 17.4. The van der Waals surface area contributed by atoms with Crippen molar-refractivity contribution < 1.29 is 5.11 Å². The lowest BCUT2D eigenvalue weighted by molar-refractivity contribution is 0.413. The highest BCUT2D eigenvalue weighted by Crippen LogP contribution is 2.22. The quantitative estimate of drug-likeness (QED) is 0.663. The maximum absolute atomic E-state index is 11.9. The molecule has 1 N–H and O–H groups in total. The molecule has 0 fully saturated rings. The summed E-state index contributed by atoms with van der Waals surface area (Å²) in [6.45, 7) is 0. The van der Waals surface area contributed by atoms with Crippen LogP contribution in [0.25, 0.3) is 0 Å². The second-order valence-corrected chi connectivity index (χ2v) is 4.27. The second-order valence-electron chi connectivity index (χ2n) is 4.27. The molecule has 0 bridgehead atoms. The Bertz CT molecular complexity index is 885. The predicted octanol–water partition coefficient (Wildman–Crippen LogP) is 1.19. The third kappa shape index (κ3) is 2.60. The zero-order valence-electron chi connectivity index (χ0n) is 11.4. The van der Waals surface area contributed by atoms with Crippen molar-refractivity contribution in [2.24, 2.45) is 24.3 Å². The molecule has 0 unspecified atom stereocenters. The maximum Gasteiger partial charge on any atom is 0.333 e. The van der Waals surface area contributed by atoms with Crippen LogP contribution >= 0.6 is 0 Å². The van der Waals surface area contributed by atoms with Crippen molar-refractivity contribution in [3.63, 3.8) is 0 Å². The van der Waals surface area contributed by atoms with Crippen LogP contribution in [-0.4, -0.2) is 14.2 Å². The fraction of sp³-hybridized carbons (Fsp3) is 0.143. The van der Waals surface area contributed by atoms with Gasteiger partial charge in [0.2, 0.25) is 11.6 Å². The maximum atomic E-state index is 11.9. The van der Waals surface area contributed by atoms with Crippen LogP contribution in [0.3, 0.4) is 0 Å². The van der Waals surface area contributed by atoms with E-state index in [4.69, 9.17) is 6.42 Å². The highest BCUT2D eigenvalue weighted by atomic mass is 16.3. The van der Waals surface area contributed by atoms with Crippen molar-refractivity contribution in [2.45, 2.75) is 0 Å². The Labute approximate surface area is 119 Å². The molecule has 1 aromatic carbocycles. The Kier molecular flexibility index (Phi) is 3.71. The summed E-state index contributed by atoms with van der Waals surface area (Å²) < 4.78 is 1.75. The summed E-state index contributed by atoms with van der Waals surface area (Å²) in [5.41, 5.74) is -0.645. The Morgan fingerprint density at radius 3 is 2.57 bits per heavy atom. The van der Waals surface area contributed by atoms with Crippen molar-refractivity contribution in [3.8, 4) is 18.2 Å². The standard InChI is InChI=1S/C14H12N4O3/c1-4-9-6-5-7-10(8-9)15-16-11-12(19)17(2)14(21)18(3)13(11)20/h1,5-8,19H,2-3H3/b16-15+. The van der Waals surface area contributed by atoms with E-state index in [0.717, 1.165) is 9.13 Å². The van der Waals surface area contributed by atoms with Gasteiger partial charge in [-0.15, -0.1) is 11.5 Å². The van der Waals surface area contributed by atoms with Crippen molar-refractivity contribution in [2.75, 3.05) is 0 Å². The molecule has 0 saturated carbocycles. The Morgan fingerprint density at radius 2 is 1.90 bits per heavy atom. The monoisotopic (exact) mass is 284 g/mol. The first-order chi connectivity index (χ1) is 9.95. The number of hydrogen-bond donors (Lipinski definition) is 1. The molecule has 7 nitrogen and oxygen atoms in total. The minimum absolute atomic E-state index is 0.314. The molecule has 0 aliphatic heterocycles. The van der Waals surface area contributed by atoms with Crippen molar-refractivity contribution in [3.05, 3.63) is 50.7 Å². The van der Waals surface area contributed by atoms with E-state index in [1.54, 1.807) is 24.3 Å². The summed E-state index contributed by atoms with van der Waals surface area (Å²) in [6.07, 6.45) is 5.28. The van der Waals surface area contributed by atoms with Crippen LogP contribution in [0.5, 0.6) is 5.88 Å². The summed E-state index contributed by atoms with van der Waals surface area (Å²) in [7, 11) is 2.62. The van der Waals surface area contributed by atoms with Gasteiger partial charge in [-0.1, -0.05) is 12.0 Å². The molecule has 2 rings (SSSR count). The molecule has 0 atom stereocenters. The van der Waals surface area contributed by atoms with Crippen LogP contribution in [0.15, 0.2) is 44.1 Å². The van der Waals surface area contributed by atoms with Crippen LogP contribution in [0.2, 0.25) is 0 Å². The normalized spacial score (nSPS) is 10.7. The highest BCUT2D eigenvalue weighted by Gasteiger charge is 2.14. The van der Waals surface area contributed by atoms with Gasteiger partial charge in [0, 0.05) is 19.7 Å². The first-order valence-electron chi connectivity index (χ1n) is 5.93. The molecule has 0 saturated heterocycles. The van der Waals surface area contributed by atoms with E-state index in [9.17, 15) is 14.7 Å². The van der Waals surface area contributed by atoms with Crippen molar-refractivity contribution >= 4 is 11.4 Å². The fourth-order valence-corrected chi connectivity index (χ4v) is 1.67. The molecule has 0 spiro atoms. The highest BCUT2D eigenvalue weighted by molar-refractivity contribution is 5.48. The van der Waals surface area contributed by atoms with E-state index in [2.05, 4.69) is 16.1 Å². The molecule has 7 heteroatoms. The lowest BCUT2D eigenvalue weighted by Crippen LogP contribution is -2.36. The van der Waals surface area contributed by atoms with Crippen LogP contribution in [-0.2, 0) is 14.1 Å². The number of benzene rings is 1. The molecular formula is C14H12N4O3. The summed E-state index contributed by atoms with van der Waals surface area (Å²) >= 11 is 0. The number of hydrogen-bond acceptors (Lipinski definition) is 5. The van der Waals surface area contributed by atoms with Gasteiger partial charge < -0.3 is 5.11 Å². The molecule has 0 aliphatic rings. The third-order valence-corrected chi connectivity index (χ3v) is 2.89. The zero-order chi connectivity index (χ0) is 15.6. The first-order valence-corrected chi connectivity index (χ1v) is 5.93. The van der Waals surface area contributed by atoms with E-state index >= 15 is 0 Å². The summed E-state index contributed by atoms with van der Waals surface area (Å²) in [5.74, 6) is 1.91. The first kappa shape index (κ1) is 14.3. The van der Waals surface area contributed by atoms with E-state index in [1.165, 1.54) is 14.1 Å². The number of terminal acetylenes is 1. The van der Waals surface area contributed by atoms with Gasteiger partial charge in [0.25, 0.3) is 5.56 Å². The van der Waals surface area contributed by atoms with Gasteiger partial charge in [0.1, 0.15) is 0 Å². The average molecular weight is 284 g/mol. The molecular weight excluding hydrogens is 272 g/mol. The number of azo groups is 1. The van der Waals surface area contributed by atoms with E-state index in [0.29, 0.717) is 11.3 Å². The topological polar surface area (TPSA) is 88.9 Å². The lowest BCUT2D eigenvalue weighted by atomic mass is 10.2. The van der Waals surface area contributed by atoms with E-state index < -0.39 is 17.1 Å². The second kappa shape index (κ2) is 5.46. The Morgan fingerprint density at radius 1 is 1.19 bits per heavy atom. The molecule has 2 aromatic rings. The van der Waals surface area contributed by atoms with Gasteiger partial charge in [-0.05, 0) is 18.2 Å². The van der Waals surface area contributed by atoms with Crippen LogP contribution in [0.4, 0.5) is 11.4 Å². The minimum Gasteiger partial charge on any atom is -0.493 e. The molecule has 1 aromatic heterocycles. The van der Waals surface area contributed by atoms with Crippen LogP contribution in [0, 0.1) is 12.3 Å². The lowest BCUT2D eigenvalue weighted by Gasteiger charge is -2.06. The Hall–Kier alpha value is -3.14. The van der Waals surface area contributed by atoms with Gasteiger partial charge in [0.15, 0.2) is 0 Å². The van der Waals surface area contributed by atoms with Crippen LogP contribution < -0.4 is 11.2 Å². The smallest absolute Gasteiger partial charge is 0.333 e. The number of rotatable bonds is 2. The number of aromatic hydroxyl groups is 1. The van der Waals surface area contributed by atoms with E-state index in [-0.39, 0.29) is 5.69 Å². The van der Waals surface area contributed by atoms with Gasteiger partial charge in [-0.25, -0.2) is 4.79 Å². The van der Waals surface area contributed by atoms with Crippen molar-refractivity contribution in [1.29, 1.82) is 0 Å². The van der Waals surface area contributed by atoms with Crippen LogP contribution in [0.1, 0.15) is 5.56 Å². The van der Waals surface area contributed by atoms with Gasteiger partial charge in [-0.2, -0.15) is 5.11 Å². The minimum atomic E-state index is -0.729. The summed E-state index contributed by atoms with van der Waals surface area (Å²) in [4.78, 5) is 23.5. The molecule has 1 heterocycles. The van der Waals surface area contributed by atoms with E-state index in [1.807, 2.05) is 0 Å². The molecule has 21 heavy (non-hydrogen) atoms. The molecule has 0 aliphatic carbocycles. The molecule has 0 amide bonds. The number of nitrogens with zero attached hydrogens (tertiary/aromatic N) is 4. The fourth-order valence-electron chi connectivity index (χ4n) is 1.67. The van der Waals surface area contributed by atoms with Gasteiger partial charge >= 0.3 is 5.69 Å². The largest absolute Gasteiger partial charge is 0.493 e. The molecule has 0 radical (unpaired) electrons. The average Bonchev–Trinajstić information content (AvgIpc) is 2.51. The van der Waals surface area contributed by atoms with Crippen molar-refractivity contribution in [1.82, 2.24) is 9.13 Å². The zero-order valence-corrected chi connectivity index (χ0v) is 11.4. The summed E-state index contributed by atoms with van der Waals surface area (Å²) in [6, 6.07) is 6.67. The van der Waals surface area contributed by atoms with Gasteiger partial charge in [0.05, 0.1) is 5.69 Å². The molecule has 106 valence electrons. The van der Waals surface area contributed by atoms with Gasteiger partial charge in [-0.3, -0.25) is 13.9 Å².